The normalized spacial score (nSPS) is 10.7. The van der Waals surface area contributed by atoms with Gasteiger partial charge in [-0.25, -0.2) is 0 Å². The van der Waals surface area contributed by atoms with E-state index in [1.807, 2.05) is 17.8 Å². The molecule has 2 heteroatoms. The van der Waals surface area contributed by atoms with Crippen molar-refractivity contribution in [3.63, 3.8) is 0 Å². The molecule has 0 spiro atoms. The van der Waals surface area contributed by atoms with Gasteiger partial charge in [-0.15, -0.1) is 18.3 Å². The highest BCUT2D eigenvalue weighted by atomic mass is 32.2. The lowest BCUT2D eigenvalue weighted by atomic mass is 10.2. The van der Waals surface area contributed by atoms with E-state index in [4.69, 9.17) is 0 Å². The Labute approximate surface area is 103 Å². The van der Waals surface area contributed by atoms with Crippen LogP contribution in [0.4, 0.5) is 0 Å². The molecule has 0 fully saturated rings. The van der Waals surface area contributed by atoms with Crippen LogP contribution in [0.3, 0.4) is 0 Å². The van der Waals surface area contributed by atoms with Crippen LogP contribution >= 0.6 is 11.8 Å². The van der Waals surface area contributed by atoms with Crippen molar-refractivity contribution in [2.45, 2.75) is 25.3 Å². The molecule has 0 heterocycles. The monoisotopic (exact) mass is 235 g/mol. The smallest absolute Gasteiger partial charge is 0.0205 e. The molecule has 1 rings (SSSR count). The lowest BCUT2D eigenvalue weighted by molar-refractivity contribution is 0.552. The molecular formula is C14H21NS. The number of nitrogens with one attached hydrogen (secondary N) is 1. The van der Waals surface area contributed by atoms with Crippen LogP contribution in [0.5, 0.6) is 0 Å². The van der Waals surface area contributed by atoms with Gasteiger partial charge in [0.2, 0.25) is 0 Å². The van der Waals surface area contributed by atoms with E-state index in [0.29, 0.717) is 5.92 Å². The molecule has 0 bridgehead atoms. The molecule has 0 aliphatic carbocycles. The number of hydrogen-bond acceptors (Lipinski definition) is 2. The molecular weight excluding hydrogens is 214 g/mol. The van der Waals surface area contributed by atoms with Crippen LogP contribution in [-0.2, 0) is 6.54 Å². The van der Waals surface area contributed by atoms with Crippen LogP contribution in [0.25, 0.3) is 0 Å². The average Bonchev–Trinajstić information content (AvgIpc) is 2.27. The maximum absolute atomic E-state index is 3.72. The first-order valence-corrected chi connectivity index (χ1v) is 6.74. The molecule has 0 unspecified atom stereocenters. The summed E-state index contributed by atoms with van der Waals surface area (Å²) in [4.78, 5) is 1.31. The third-order valence-electron chi connectivity index (χ3n) is 2.17. The van der Waals surface area contributed by atoms with Crippen molar-refractivity contribution in [1.82, 2.24) is 5.32 Å². The van der Waals surface area contributed by atoms with E-state index in [0.717, 1.165) is 18.8 Å². The van der Waals surface area contributed by atoms with Gasteiger partial charge < -0.3 is 5.32 Å². The predicted molar refractivity (Wildman–Crippen MR) is 73.9 cm³/mol. The summed E-state index contributed by atoms with van der Waals surface area (Å²) >= 11 is 1.82. The molecule has 0 amide bonds. The van der Waals surface area contributed by atoms with E-state index < -0.39 is 0 Å². The van der Waals surface area contributed by atoms with Crippen molar-refractivity contribution in [2.75, 3.05) is 12.3 Å². The van der Waals surface area contributed by atoms with E-state index in [1.54, 1.807) is 0 Å². The lowest BCUT2D eigenvalue weighted by Crippen LogP contribution is -2.18. The van der Waals surface area contributed by atoms with Crippen LogP contribution < -0.4 is 5.32 Å². The second-order valence-electron chi connectivity index (χ2n) is 4.27. The van der Waals surface area contributed by atoms with Crippen LogP contribution in [0, 0.1) is 5.92 Å². The maximum atomic E-state index is 3.72. The van der Waals surface area contributed by atoms with Gasteiger partial charge in [0.25, 0.3) is 0 Å². The molecule has 1 N–H and O–H groups in total. The molecule has 0 saturated heterocycles. The fourth-order valence-electron chi connectivity index (χ4n) is 1.36. The van der Waals surface area contributed by atoms with Crippen molar-refractivity contribution >= 4 is 11.8 Å². The minimum atomic E-state index is 0.711. The third-order valence-corrected chi connectivity index (χ3v) is 3.18. The van der Waals surface area contributed by atoms with E-state index in [2.05, 4.69) is 50.0 Å². The molecule has 0 aliphatic rings. The van der Waals surface area contributed by atoms with Crippen LogP contribution in [0.15, 0.2) is 41.8 Å². The van der Waals surface area contributed by atoms with Crippen molar-refractivity contribution in [3.05, 3.63) is 42.5 Å². The minimum absolute atomic E-state index is 0.711. The molecule has 88 valence electrons. The lowest BCUT2D eigenvalue weighted by Gasteiger charge is -2.07. The fraction of sp³-hybridized carbons (Fsp3) is 0.429. The molecule has 0 aromatic heterocycles. The highest BCUT2D eigenvalue weighted by molar-refractivity contribution is 7.99. The molecule has 0 atom stereocenters. The second kappa shape index (κ2) is 7.53. The summed E-state index contributed by atoms with van der Waals surface area (Å²) < 4.78 is 0. The number of rotatable bonds is 7. The summed E-state index contributed by atoms with van der Waals surface area (Å²) in [7, 11) is 0. The zero-order valence-corrected chi connectivity index (χ0v) is 11.0. The molecule has 0 radical (unpaired) electrons. The van der Waals surface area contributed by atoms with Crippen LogP contribution in [-0.4, -0.2) is 12.3 Å². The zero-order valence-electron chi connectivity index (χ0n) is 10.2. The maximum Gasteiger partial charge on any atom is 0.0205 e. The third kappa shape index (κ3) is 5.38. The van der Waals surface area contributed by atoms with Crippen molar-refractivity contribution in [2.24, 2.45) is 5.92 Å². The highest BCUT2D eigenvalue weighted by Gasteiger charge is 1.96. The van der Waals surface area contributed by atoms with Gasteiger partial charge in [-0.1, -0.05) is 32.1 Å². The zero-order chi connectivity index (χ0) is 11.8. The topological polar surface area (TPSA) is 12.0 Å². The Morgan fingerprint density at radius 3 is 2.56 bits per heavy atom. The van der Waals surface area contributed by atoms with Gasteiger partial charge in [-0.05, 0) is 30.2 Å². The molecule has 0 aliphatic heterocycles. The fourth-order valence-corrected chi connectivity index (χ4v) is 2.00. The summed E-state index contributed by atoms with van der Waals surface area (Å²) in [5.74, 6) is 1.69. The average molecular weight is 235 g/mol. The predicted octanol–water partition coefficient (Wildman–Crippen LogP) is 3.71. The first-order chi connectivity index (χ1) is 7.72. The first kappa shape index (κ1) is 13.3. The Kier molecular flexibility index (Phi) is 6.27. The van der Waals surface area contributed by atoms with Crippen molar-refractivity contribution in [3.8, 4) is 0 Å². The Bertz CT molecular complexity index is 303. The number of thioether (sulfide) groups is 1. The van der Waals surface area contributed by atoms with Crippen molar-refractivity contribution in [1.29, 1.82) is 0 Å². The summed E-state index contributed by atoms with van der Waals surface area (Å²) in [5.41, 5.74) is 1.35. The van der Waals surface area contributed by atoms with Gasteiger partial charge in [0.15, 0.2) is 0 Å². The van der Waals surface area contributed by atoms with E-state index in [1.165, 1.54) is 10.5 Å². The van der Waals surface area contributed by atoms with Gasteiger partial charge >= 0.3 is 0 Å². The van der Waals surface area contributed by atoms with E-state index >= 15 is 0 Å². The Hall–Kier alpha value is -0.730. The largest absolute Gasteiger partial charge is 0.312 e. The summed E-state index contributed by atoms with van der Waals surface area (Å²) in [6.45, 7) is 10.2. The standard InChI is InChI=1S/C14H21NS/c1-4-9-16-14-7-5-13(6-8-14)11-15-10-12(2)3/h4-8,12,15H,1,9-11H2,2-3H3. The molecule has 1 aromatic rings. The first-order valence-electron chi connectivity index (χ1n) is 5.75. The Balaban J connectivity index is 2.35. The number of benzene rings is 1. The molecule has 16 heavy (non-hydrogen) atoms. The Morgan fingerprint density at radius 1 is 1.31 bits per heavy atom. The molecule has 0 saturated carbocycles. The van der Waals surface area contributed by atoms with E-state index in [9.17, 15) is 0 Å². The van der Waals surface area contributed by atoms with Gasteiger partial charge in [0.05, 0.1) is 0 Å². The van der Waals surface area contributed by atoms with Gasteiger partial charge in [-0.3, -0.25) is 0 Å². The van der Waals surface area contributed by atoms with Crippen LogP contribution in [0.1, 0.15) is 19.4 Å². The van der Waals surface area contributed by atoms with E-state index in [-0.39, 0.29) is 0 Å². The van der Waals surface area contributed by atoms with Crippen LogP contribution in [0.2, 0.25) is 0 Å². The van der Waals surface area contributed by atoms with Gasteiger partial charge in [0.1, 0.15) is 0 Å². The molecule has 1 nitrogen and oxygen atoms in total. The number of hydrogen-bond donors (Lipinski definition) is 1. The second-order valence-corrected chi connectivity index (χ2v) is 5.36. The Morgan fingerprint density at radius 2 is 2.00 bits per heavy atom. The van der Waals surface area contributed by atoms with Gasteiger partial charge in [-0.2, -0.15) is 0 Å². The summed E-state index contributed by atoms with van der Waals surface area (Å²) in [6, 6.07) is 8.75. The summed E-state index contributed by atoms with van der Waals surface area (Å²) in [5, 5.41) is 3.44. The molecule has 1 aromatic carbocycles. The van der Waals surface area contributed by atoms with Crippen molar-refractivity contribution < 1.29 is 0 Å². The van der Waals surface area contributed by atoms with Gasteiger partial charge in [0, 0.05) is 17.2 Å². The SMILES string of the molecule is C=CCSc1ccc(CNCC(C)C)cc1. The quantitative estimate of drug-likeness (QED) is 0.571. The summed E-state index contributed by atoms with van der Waals surface area (Å²) in [6.07, 6.45) is 1.93. The highest BCUT2D eigenvalue weighted by Crippen LogP contribution is 2.18. The minimum Gasteiger partial charge on any atom is -0.312 e.